The van der Waals surface area contributed by atoms with Crippen LogP contribution in [0.25, 0.3) is 0 Å². The molecular formula is C44H84O6. The zero-order valence-electron chi connectivity index (χ0n) is 33.9. The molecule has 1 atom stereocenters. The molecule has 0 saturated heterocycles. The molecule has 296 valence electrons. The molecule has 0 spiro atoms. The molecular weight excluding hydrogens is 624 g/mol. The molecule has 0 saturated carbocycles. The Bertz CT molecular complexity index is 751. The fraction of sp³-hybridized carbons (Fsp3) is 0.932. The third kappa shape index (κ3) is 37.7. The predicted octanol–water partition coefficient (Wildman–Crippen LogP) is 13.6. The van der Waals surface area contributed by atoms with Gasteiger partial charge in [-0.3, -0.25) is 14.4 Å². The Morgan fingerprint density at radius 3 is 0.980 bits per heavy atom. The maximum absolute atomic E-state index is 12.6. The SMILES string of the molecule is CCCCCCCCCCCC(=O)OC[C@@H](COC(=O)CCCCCCC)OC(=O)CCCCCCCCCCCCCCCCCC(C)C. The highest BCUT2D eigenvalue weighted by atomic mass is 16.6. The number of hydrogen-bond acceptors (Lipinski definition) is 6. The normalized spacial score (nSPS) is 11.9. The molecule has 0 rings (SSSR count). The van der Waals surface area contributed by atoms with E-state index in [2.05, 4.69) is 27.7 Å². The van der Waals surface area contributed by atoms with Gasteiger partial charge in [0.05, 0.1) is 0 Å². The standard InChI is InChI=1S/C44H84O6/c1-5-7-9-11-12-20-24-28-32-36-43(46)49-39-41(38-48-42(45)35-31-26-10-8-6-2)50-44(47)37-33-29-25-22-19-17-15-13-14-16-18-21-23-27-30-34-40(3)4/h40-41H,5-39H2,1-4H3/t41-/m1/s1. The first-order valence-corrected chi connectivity index (χ1v) is 21.9. The van der Waals surface area contributed by atoms with Crippen LogP contribution in [0.3, 0.4) is 0 Å². The summed E-state index contributed by atoms with van der Waals surface area (Å²) in [6, 6.07) is 0. The van der Waals surface area contributed by atoms with Crippen molar-refractivity contribution >= 4 is 17.9 Å². The highest BCUT2D eigenvalue weighted by Gasteiger charge is 2.19. The number of esters is 3. The van der Waals surface area contributed by atoms with E-state index in [0.717, 1.165) is 70.1 Å². The average Bonchev–Trinajstić information content (AvgIpc) is 3.09. The van der Waals surface area contributed by atoms with Gasteiger partial charge in [-0.05, 0) is 25.2 Å². The zero-order valence-corrected chi connectivity index (χ0v) is 33.9. The average molecular weight is 709 g/mol. The van der Waals surface area contributed by atoms with Gasteiger partial charge in [0.15, 0.2) is 6.10 Å². The molecule has 0 heterocycles. The topological polar surface area (TPSA) is 78.9 Å². The number of carbonyl (C=O) groups is 3. The Hall–Kier alpha value is -1.59. The first-order valence-electron chi connectivity index (χ1n) is 21.9. The summed E-state index contributed by atoms with van der Waals surface area (Å²) in [5.41, 5.74) is 0. The zero-order chi connectivity index (χ0) is 36.8. The summed E-state index contributed by atoms with van der Waals surface area (Å²) in [4.78, 5) is 37.3. The van der Waals surface area contributed by atoms with Crippen LogP contribution < -0.4 is 0 Å². The summed E-state index contributed by atoms with van der Waals surface area (Å²) in [6.07, 6.45) is 36.9. The second kappa shape index (κ2) is 38.6. The first kappa shape index (κ1) is 48.4. The number of unbranched alkanes of at least 4 members (excludes halogenated alkanes) is 26. The monoisotopic (exact) mass is 709 g/mol. The summed E-state index contributed by atoms with van der Waals surface area (Å²) < 4.78 is 16.6. The van der Waals surface area contributed by atoms with Gasteiger partial charge in [0.2, 0.25) is 0 Å². The third-order valence-corrected chi connectivity index (χ3v) is 9.79. The molecule has 0 aliphatic carbocycles. The van der Waals surface area contributed by atoms with Crippen LogP contribution in [0.5, 0.6) is 0 Å². The largest absolute Gasteiger partial charge is 0.462 e. The quantitative estimate of drug-likeness (QED) is 0.0359. The molecule has 0 aromatic heterocycles. The smallest absolute Gasteiger partial charge is 0.306 e. The van der Waals surface area contributed by atoms with Crippen molar-refractivity contribution in [2.45, 2.75) is 246 Å². The fourth-order valence-corrected chi connectivity index (χ4v) is 6.45. The highest BCUT2D eigenvalue weighted by molar-refractivity contribution is 5.71. The van der Waals surface area contributed by atoms with Crippen molar-refractivity contribution in [3.8, 4) is 0 Å². The molecule has 0 amide bonds. The van der Waals surface area contributed by atoms with Gasteiger partial charge in [0.25, 0.3) is 0 Å². The molecule has 0 unspecified atom stereocenters. The van der Waals surface area contributed by atoms with E-state index in [4.69, 9.17) is 14.2 Å². The van der Waals surface area contributed by atoms with E-state index in [1.807, 2.05) is 0 Å². The van der Waals surface area contributed by atoms with Crippen LogP contribution in [-0.4, -0.2) is 37.2 Å². The summed E-state index contributed by atoms with van der Waals surface area (Å²) in [7, 11) is 0. The van der Waals surface area contributed by atoms with E-state index in [1.54, 1.807) is 0 Å². The molecule has 0 aromatic rings. The van der Waals surface area contributed by atoms with E-state index in [9.17, 15) is 14.4 Å². The van der Waals surface area contributed by atoms with Crippen LogP contribution in [-0.2, 0) is 28.6 Å². The number of rotatable bonds is 39. The number of hydrogen-bond donors (Lipinski definition) is 0. The van der Waals surface area contributed by atoms with Crippen molar-refractivity contribution in [3.05, 3.63) is 0 Å². The van der Waals surface area contributed by atoms with Gasteiger partial charge in [0, 0.05) is 19.3 Å². The van der Waals surface area contributed by atoms with Gasteiger partial charge in [-0.1, -0.05) is 201 Å². The molecule has 6 nitrogen and oxygen atoms in total. The van der Waals surface area contributed by atoms with Crippen LogP contribution >= 0.6 is 0 Å². The van der Waals surface area contributed by atoms with Crippen molar-refractivity contribution in [1.82, 2.24) is 0 Å². The van der Waals surface area contributed by atoms with Gasteiger partial charge < -0.3 is 14.2 Å². The fourth-order valence-electron chi connectivity index (χ4n) is 6.45. The van der Waals surface area contributed by atoms with Gasteiger partial charge in [-0.25, -0.2) is 0 Å². The van der Waals surface area contributed by atoms with E-state index in [-0.39, 0.29) is 31.1 Å². The first-order chi connectivity index (χ1) is 24.4. The Kier molecular flexibility index (Phi) is 37.4. The minimum absolute atomic E-state index is 0.0653. The Morgan fingerprint density at radius 2 is 0.660 bits per heavy atom. The van der Waals surface area contributed by atoms with E-state index in [1.165, 1.54) is 128 Å². The molecule has 50 heavy (non-hydrogen) atoms. The van der Waals surface area contributed by atoms with Crippen LogP contribution in [0.15, 0.2) is 0 Å². The molecule has 0 aliphatic heterocycles. The summed E-state index contributed by atoms with van der Waals surface area (Å²) in [6.45, 7) is 8.91. The van der Waals surface area contributed by atoms with Crippen molar-refractivity contribution in [1.29, 1.82) is 0 Å². The predicted molar refractivity (Wildman–Crippen MR) is 210 cm³/mol. The van der Waals surface area contributed by atoms with Crippen molar-refractivity contribution < 1.29 is 28.6 Å². The maximum Gasteiger partial charge on any atom is 0.306 e. The number of carbonyl (C=O) groups excluding carboxylic acids is 3. The van der Waals surface area contributed by atoms with Gasteiger partial charge in [-0.15, -0.1) is 0 Å². The van der Waals surface area contributed by atoms with Crippen LogP contribution in [0, 0.1) is 5.92 Å². The third-order valence-electron chi connectivity index (χ3n) is 9.79. The van der Waals surface area contributed by atoms with Gasteiger partial charge in [0.1, 0.15) is 13.2 Å². The lowest BCUT2D eigenvalue weighted by Crippen LogP contribution is -2.30. The molecule has 0 radical (unpaired) electrons. The van der Waals surface area contributed by atoms with Gasteiger partial charge in [-0.2, -0.15) is 0 Å². The minimum Gasteiger partial charge on any atom is -0.462 e. The van der Waals surface area contributed by atoms with Crippen molar-refractivity contribution in [2.75, 3.05) is 13.2 Å². The van der Waals surface area contributed by atoms with Gasteiger partial charge >= 0.3 is 17.9 Å². The van der Waals surface area contributed by atoms with Crippen molar-refractivity contribution in [2.24, 2.45) is 5.92 Å². The Labute approximate surface area is 310 Å². The molecule has 0 aromatic carbocycles. The molecule has 6 heteroatoms. The lowest BCUT2D eigenvalue weighted by molar-refractivity contribution is -0.167. The molecule has 0 bridgehead atoms. The number of ether oxygens (including phenoxy) is 3. The summed E-state index contributed by atoms with van der Waals surface area (Å²) in [5.74, 6) is -0.0251. The van der Waals surface area contributed by atoms with Crippen LogP contribution in [0.4, 0.5) is 0 Å². The summed E-state index contributed by atoms with van der Waals surface area (Å²) in [5, 5.41) is 0. The minimum atomic E-state index is -0.756. The highest BCUT2D eigenvalue weighted by Crippen LogP contribution is 2.16. The van der Waals surface area contributed by atoms with E-state index in [0.29, 0.717) is 19.3 Å². The van der Waals surface area contributed by atoms with Crippen LogP contribution in [0.2, 0.25) is 0 Å². The van der Waals surface area contributed by atoms with Crippen molar-refractivity contribution in [3.63, 3.8) is 0 Å². The molecule has 0 N–H and O–H groups in total. The van der Waals surface area contributed by atoms with E-state index < -0.39 is 6.10 Å². The molecule has 0 aliphatic rings. The van der Waals surface area contributed by atoms with E-state index >= 15 is 0 Å². The lowest BCUT2D eigenvalue weighted by atomic mass is 10.0. The lowest BCUT2D eigenvalue weighted by Gasteiger charge is -2.18. The molecule has 0 fully saturated rings. The summed E-state index contributed by atoms with van der Waals surface area (Å²) >= 11 is 0. The second-order valence-corrected chi connectivity index (χ2v) is 15.5. The Morgan fingerprint density at radius 1 is 0.380 bits per heavy atom. The maximum atomic E-state index is 12.6. The Balaban J connectivity index is 4.13. The van der Waals surface area contributed by atoms with Crippen LogP contribution in [0.1, 0.15) is 240 Å². The second-order valence-electron chi connectivity index (χ2n) is 15.5.